The van der Waals surface area contributed by atoms with Gasteiger partial charge in [-0.3, -0.25) is 4.79 Å². The summed E-state index contributed by atoms with van der Waals surface area (Å²) >= 11 is 1.96. The van der Waals surface area contributed by atoms with Crippen molar-refractivity contribution in [2.75, 3.05) is 18.2 Å². The first-order valence-electron chi connectivity index (χ1n) is 3.27. The van der Waals surface area contributed by atoms with E-state index in [1.807, 2.05) is 11.8 Å². The third kappa shape index (κ3) is 7.78. The number of hydrogen-bond donors (Lipinski definition) is 2. The fourth-order valence-electron chi connectivity index (χ4n) is 0.361. The van der Waals surface area contributed by atoms with Crippen molar-refractivity contribution in [2.24, 2.45) is 0 Å². The van der Waals surface area contributed by atoms with Crippen molar-refractivity contribution in [2.45, 2.75) is 13.3 Å². The summed E-state index contributed by atoms with van der Waals surface area (Å²) < 4.78 is 0. The van der Waals surface area contributed by atoms with Crippen molar-refractivity contribution in [3.05, 3.63) is 0 Å². The number of carboxylic acids is 1. The van der Waals surface area contributed by atoms with Crippen molar-refractivity contribution < 1.29 is 9.90 Å². The van der Waals surface area contributed by atoms with Crippen LogP contribution in [-0.2, 0) is 4.79 Å². The molecule has 0 aliphatic carbocycles. The molecule has 60 valence electrons. The van der Waals surface area contributed by atoms with Gasteiger partial charge in [0.25, 0.3) is 0 Å². The van der Waals surface area contributed by atoms with Gasteiger partial charge in [-0.15, -0.1) is 11.8 Å². The second-order valence-electron chi connectivity index (χ2n) is 1.80. The zero-order chi connectivity index (χ0) is 7.82. The Morgan fingerprint density at radius 1 is 1.80 bits per heavy atom. The van der Waals surface area contributed by atoms with E-state index in [1.165, 1.54) is 18.2 Å². The van der Waals surface area contributed by atoms with Crippen LogP contribution >= 0.6 is 11.8 Å². The number of hydrogen-bond acceptors (Lipinski definition) is 3. The smallest absolute Gasteiger partial charge is 0.303 e. The molecule has 0 spiro atoms. The van der Waals surface area contributed by atoms with E-state index in [0.717, 1.165) is 0 Å². The molecule has 0 aromatic heterocycles. The molecule has 1 rings (SSSR count). The summed E-state index contributed by atoms with van der Waals surface area (Å²) in [6, 6.07) is 0. The molecule has 0 bridgehead atoms. The highest BCUT2D eigenvalue weighted by Crippen LogP contribution is 1.99. The molecule has 0 aromatic carbocycles. The van der Waals surface area contributed by atoms with Crippen molar-refractivity contribution >= 4 is 17.7 Å². The summed E-state index contributed by atoms with van der Waals surface area (Å²) in [6.45, 7) is 2.81. The Morgan fingerprint density at radius 2 is 2.40 bits per heavy atom. The predicted molar refractivity (Wildman–Crippen MR) is 43.3 cm³/mol. The number of aliphatic carboxylic acids is 1. The van der Waals surface area contributed by atoms with Gasteiger partial charge in [-0.05, 0) is 0 Å². The van der Waals surface area contributed by atoms with Crippen molar-refractivity contribution in [3.8, 4) is 0 Å². The lowest BCUT2D eigenvalue weighted by atomic mass is 10.5. The van der Waals surface area contributed by atoms with Crippen molar-refractivity contribution in [1.29, 1.82) is 0 Å². The van der Waals surface area contributed by atoms with Crippen LogP contribution in [0.2, 0.25) is 0 Å². The first-order valence-corrected chi connectivity index (χ1v) is 4.43. The van der Waals surface area contributed by atoms with Crippen LogP contribution in [0.4, 0.5) is 0 Å². The third-order valence-electron chi connectivity index (χ3n) is 0.930. The Kier molecular flexibility index (Phi) is 6.74. The maximum atomic E-state index is 9.37. The minimum absolute atomic E-state index is 0.222. The van der Waals surface area contributed by atoms with E-state index in [9.17, 15) is 4.79 Å². The van der Waals surface area contributed by atoms with E-state index in [2.05, 4.69) is 5.32 Å². The number of rotatable bonds is 1. The Bertz CT molecular complexity index is 86.1. The van der Waals surface area contributed by atoms with Gasteiger partial charge in [0, 0.05) is 24.6 Å². The molecule has 0 aromatic rings. The fourth-order valence-corrected chi connectivity index (χ4v) is 1.08. The summed E-state index contributed by atoms with van der Waals surface area (Å²) in [7, 11) is 0. The van der Waals surface area contributed by atoms with E-state index in [-0.39, 0.29) is 6.42 Å². The monoisotopic (exact) mass is 163 g/mol. The summed E-state index contributed by atoms with van der Waals surface area (Å²) in [6.07, 6.45) is 0.222. The minimum Gasteiger partial charge on any atom is -0.481 e. The molecule has 4 heteroatoms. The van der Waals surface area contributed by atoms with Crippen LogP contribution in [-0.4, -0.2) is 29.3 Å². The van der Waals surface area contributed by atoms with Gasteiger partial charge in [0.2, 0.25) is 0 Å². The summed E-state index contributed by atoms with van der Waals surface area (Å²) in [4.78, 5) is 9.37. The zero-order valence-electron chi connectivity index (χ0n) is 6.09. The molecule has 1 aliphatic rings. The molecule has 10 heavy (non-hydrogen) atoms. The lowest BCUT2D eigenvalue weighted by molar-refractivity contribution is -0.136. The van der Waals surface area contributed by atoms with E-state index in [0.29, 0.717) is 0 Å². The zero-order valence-corrected chi connectivity index (χ0v) is 6.91. The number of carboxylic acid groups (broad SMARTS) is 1. The molecule has 1 fully saturated rings. The lowest BCUT2D eigenvalue weighted by Crippen LogP contribution is -2.04. The van der Waals surface area contributed by atoms with Gasteiger partial charge in [-0.25, -0.2) is 0 Å². The summed E-state index contributed by atoms with van der Waals surface area (Å²) in [5, 5.41) is 10.9. The summed E-state index contributed by atoms with van der Waals surface area (Å²) in [5.74, 6) is 1.73. The molecule has 1 heterocycles. The van der Waals surface area contributed by atoms with Crippen LogP contribution in [0.1, 0.15) is 13.3 Å². The van der Waals surface area contributed by atoms with Gasteiger partial charge < -0.3 is 10.4 Å². The summed E-state index contributed by atoms with van der Waals surface area (Å²) in [5.41, 5.74) is 0. The molecule has 0 amide bonds. The largest absolute Gasteiger partial charge is 0.481 e. The highest BCUT2D eigenvalue weighted by atomic mass is 32.2. The van der Waals surface area contributed by atoms with Gasteiger partial charge in [-0.2, -0.15) is 0 Å². The maximum absolute atomic E-state index is 9.37. The molecular weight excluding hydrogens is 150 g/mol. The third-order valence-corrected chi connectivity index (χ3v) is 1.83. The number of carbonyl (C=O) groups is 1. The Morgan fingerprint density at radius 3 is 2.50 bits per heavy atom. The van der Waals surface area contributed by atoms with E-state index in [4.69, 9.17) is 5.11 Å². The standard InChI is InChI=1S/C3H7NS.C3H6O2/c1-2-5-3-4-1;1-2-3(4)5/h4H,1-3H2;2H2,1H3,(H,4,5). The highest BCUT2D eigenvalue weighted by Gasteiger charge is 1.93. The Labute approximate surface area is 65.2 Å². The van der Waals surface area contributed by atoms with Gasteiger partial charge in [0.15, 0.2) is 0 Å². The molecular formula is C6H13NO2S. The van der Waals surface area contributed by atoms with Gasteiger partial charge in [0.05, 0.1) is 0 Å². The van der Waals surface area contributed by atoms with Crippen LogP contribution in [0.5, 0.6) is 0 Å². The van der Waals surface area contributed by atoms with E-state index in [1.54, 1.807) is 6.92 Å². The van der Waals surface area contributed by atoms with Crippen molar-refractivity contribution in [3.63, 3.8) is 0 Å². The lowest BCUT2D eigenvalue weighted by Gasteiger charge is -1.74. The minimum atomic E-state index is -0.745. The average Bonchev–Trinajstić information content (AvgIpc) is 2.43. The second kappa shape index (κ2) is 6.89. The Balaban J connectivity index is 0.000000162. The van der Waals surface area contributed by atoms with Crippen LogP contribution in [0.25, 0.3) is 0 Å². The normalized spacial score (nSPS) is 15.7. The first-order chi connectivity index (χ1) is 4.77. The van der Waals surface area contributed by atoms with E-state index >= 15 is 0 Å². The van der Waals surface area contributed by atoms with Crippen LogP contribution < -0.4 is 5.32 Å². The topological polar surface area (TPSA) is 49.3 Å². The Hall–Kier alpha value is -0.220. The predicted octanol–water partition coefficient (Wildman–Crippen LogP) is 0.761. The number of thioether (sulfide) groups is 1. The molecule has 1 saturated heterocycles. The molecule has 1 aliphatic heterocycles. The fraction of sp³-hybridized carbons (Fsp3) is 0.833. The number of nitrogens with one attached hydrogen (secondary N) is 1. The van der Waals surface area contributed by atoms with Gasteiger partial charge in [0.1, 0.15) is 0 Å². The molecule has 0 unspecified atom stereocenters. The van der Waals surface area contributed by atoms with Gasteiger partial charge >= 0.3 is 5.97 Å². The molecule has 2 N–H and O–H groups in total. The average molecular weight is 163 g/mol. The molecule has 0 radical (unpaired) electrons. The maximum Gasteiger partial charge on any atom is 0.303 e. The van der Waals surface area contributed by atoms with E-state index < -0.39 is 5.97 Å². The SMILES string of the molecule is C1CSCN1.CCC(=O)O. The van der Waals surface area contributed by atoms with Crippen molar-refractivity contribution in [1.82, 2.24) is 5.32 Å². The van der Waals surface area contributed by atoms with Gasteiger partial charge in [-0.1, -0.05) is 6.92 Å². The molecule has 3 nitrogen and oxygen atoms in total. The second-order valence-corrected chi connectivity index (χ2v) is 2.91. The molecule has 0 saturated carbocycles. The van der Waals surface area contributed by atoms with Crippen LogP contribution in [0.15, 0.2) is 0 Å². The van der Waals surface area contributed by atoms with Crippen LogP contribution in [0.3, 0.4) is 0 Å². The van der Waals surface area contributed by atoms with Crippen LogP contribution in [0, 0.1) is 0 Å². The molecule has 0 atom stereocenters. The first kappa shape index (κ1) is 9.78. The highest BCUT2D eigenvalue weighted by molar-refractivity contribution is 7.99. The quantitative estimate of drug-likeness (QED) is 0.599.